The van der Waals surface area contributed by atoms with Gasteiger partial charge in [0, 0.05) is 12.1 Å². The molecule has 1 atom stereocenters. The number of carbonyl (C=O) groups excluding carboxylic acids is 2. The fraction of sp³-hybridized carbons (Fsp3) is 0.500. The first kappa shape index (κ1) is 21.7. The van der Waals surface area contributed by atoms with Gasteiger partial charge in [0.1, 0.15) is 6.54 Å². The molecule has 10 heteroatoms. The van der Waals surface area contributed by atoms with Crippen molar-refractivity contribution < 1.29 is 32.2 Å². The second-order valence-electron chi connectivity index (χ2n) is 5.38. The summed E-state index contributed by atoms with van der Waals surface area (Å²) in [6.45, 7) is 2.64. The third-order valence-corrected chi connectivity index (χ3v) is 4.85. The van der Waals surface area contributed by atoms with E-state index >= 15 is 0 Å². The standard InChI is InChI=1S/C16H24N2O7S/c1-5-11(2)18-15(19)10-25-16(20)9-17-26(21,22)12-6-7-13(23-3)14(8-12)24-4/h6-8,11,17H,5,9-10H2,1-4H3,(H,18,19)/t11-/m0/s1. The maximum Gasteiger partial charge on any atom is 0.321 e. The molecule has 1 aromatic carbocycles. The lowest BCUT2D eigenvalue weighted by Gasteiger charge is -2.12. The number of sulfonamides is 1. The van der Waals surface area contributed by atoms with Crippen molar-refractivity contribution in [3.05, 3.63) is 18.2 Å². The molecule has 0 unspecified atom stereocenters. The van der Waals surface area contributed by atoms with Crippen LogP contribution < -0.4 is 19.5 Å². The molecule has 0 aliphatic carbocycles. The van der Waals surface area contributed by atoms with Gasteiger partial charge in [0.25, 0.3) is 5.91 Å². The Morgan fingerprint density at radius 2 is 1.81 bits per heavy atom. The van der Waals surface area contributed by atoms with Crippen molar-refractivity contribution in [2.45, 2.75) is 31.2 Å². The highest BCUT2D eigenvalue weighted by Gasteiger charge is 2.19. The van der Waals surface area contributed by atoms with Gasteiger partial charge < -0.3 is 19.5 Å². The van der Waals surface area contributed by atoms with Crippen molar-refractivity contribution in [1.29, 1.82) is 0 Å². The highest BCUT2D eigenvalue weighted by Crippen LogP contribution is 2.29. The lowest BCUT2D eigenvalue weighted by Crippen LogP contribution is -2.37. The highest BCUT2D eigenvalue weighted by molar-refractivity contribution is 7.89. The van der Waals surface area contributed by atoms with Crippen LogP contribution in [0.5, 0.6) is 11.5 Å². The molecule has 0 aliphatic heterocycles. The number of hydrogen-bond acceptors (Lipinski definition) is 7. The molecule has 146 valence electrons. The van der Waals surface area contributed by atoms with E-state index in [9.17, 15) is 18.0 Å². The number of rotatable bonds is 10. The number of methoxy groups -OCH3 is 2. The second-order valence-corrected chi connectivity index (χ2v) is 7.15. The Labute approximate surface area is 153 Å². The summed E-state index contributed by atoms with van der Waals surface area (Å²) in [5.74, 6) is -0.707. The SMILES string of the molecule is CC[C@H](C)NC(=O)COC(=O)CNS(=O)(=O)c1ccc(OC)c(OC)c1. The molecule has 0 spiro atoms. The molecule has 2 N–H and O–H groups in total. The lowest BCUT2D eigenvalue weighted by atomic mass is 10.2. The predicted molar refractivity (Wildman–Crippen MR) is 93.6 cm³/mol. The van der Waals surface area contributed by atoms with E-state index in [2.05, 4.69) is 10.0 Å². The Morgan fingerprint density at radius 1 is 1.15 bits per heavy atom. The maximum atomic E-state index is 12.2. The van der Waals surface area contributed by atoms with Crippen LogP contribution in [0.4, 0.5) is 0 Å². The van der Waals surface area contributed by atoms with E-state index in [1.165, 1.54) is 32.4 Å². The van der Waals surface area contributed by atoms with Crippen molar-refractivity contribution >= 4 is 21.9 Å². The van der Waals surface area contributed by atoms with Gasteiger partial charge in [0.2, 0.25) is 10.0 Å². The van der Waals surface area contributed by atoms with Gasteiger partial charge in [-0.05, 0) is 25.5 Å². The molecule has 0 radical (unpaired) electrons. The van der Waals surface area contributed by atoms with Crippen LogP contribution in [0.2, 0.25) is 0 Å². The molecule has 1 rings (SSSR count). The maximum absolute atomic E-state index is 12.2. The zero-order valence-electron chi connectivity index (χ0n) is 15.2. The molecule has 0 heterocycles. The molecule has 1 aromatic rings. The summed E-state index contributed by atoms with van der Waals surface area (Å²) in [5, 5.41) is 2.63. The zero-order valence-corrected chi connectivity index (χ0v) is 16.0. The van der Waals surface area contributed by atoms with Gasteiger partial charge in [-0.1, -0.05) is 6.92 Å². The van der Waals surface area contributed by atoms with E-state index in [4.69, 9.17) is 14.2 Å². The molecule has 9 nitrogen and oxygen atoms in total. The van der Waals surface area contributed by atoms with Gasteiger partial charge in [-0.2, -0.15) is 4.72 Å². The smallest absolute Gasteiger partial charge is 0.321 e. The van der Waals surface area contributed by atoms with Crippen LogP contribution in [0, 0.1) is 0 Å². The van der Waals surface area contributed by atoms with Crippen LogP contribution in [-0.4, -0.2) is 53.7 Å². The van der Waals surface area contributed by atoms with Crippen LogP contribution in [0.3, 0.4) is 0 Å². The van der Waals surface area contributed by atoms with Gasteiger partial charge in [0.15, 0.2) is 18.1 Å². The first-order valence-corrected chi connectivity index (χ1v) is 9.38. The Balaban J connectivity index is 2.60. The normalized spacial score (nSPS) is 12.2. The number of esters is 1. The van der Waals surface area contributed by atoms with Crippen LogP contribution in [0.25, 0.3) is 0 Å². The number of ether oxygens (including phenoxy) is 3. The Kier molecular flexibility index (Phi) is 8.33. The van der Waals surface area contributed by atoms with E-state index in [0.29, 0.717) is 5.75 Å². The number of carbonyl (C=O) groups is 2. The number of benzene rings is 1. The Bertz CT molecular complexity index is 734. The number of hydrogen-bond donors (Lipinski definition) is 2. The summed E-state index contributed by atoms with van der Waals surface area (Å²) in [4.78, 5) is 23.0. The predicted octanol–water partition coefficient (Wildman–Crippen LogP) is 0.440. The van der Waals surface area contributed by atoms with Crippen LogP contribution in [0.1, 0.15) is 20.3 Å². The summed E-state index contributed by atoms with van der Waals surface area (Å²) >= 11 is 0. The largest absolute Gasteiger partial charge is 0.493 e. The average Bonchev–Trinajstić information content (AvgIpc) is 2.63. The molecule has 0 aliphatic rings. The molecule has 26 heavy (non-hydrogen) atoms. The summed E-state index contributed by atoms with van der Waals surface area (Å²) in [5.41, 5.74) is 0. The Hall–Kier alpha value is -2.33. The van der Waals surface area contributed by atoms with E-state index in [1.54, 1.807) is 0 Å². The molecule has 0 saturated heterocycles. The molecule has 0 saturated carbocycles. The average molecular weight is 388 g/mol. The zero-order chi connectivity index (χ0) is 19.7. The number of nitrogens with one attached hydrogen (secondary N) is 2. The molecular weight excluding hydrogens is 364 g/mol. The van der Waals surface area contributed by atoms with E-state index in [-0.39, 0.29) is 16.7 Å². The van der Waals surface area contributed by atoms with Crippen LogP contribution in [0.15, 0.2) is 23.1 Å². The van der Waals surface area contributed by atoms with Crippen molar-refractivity contribution in [1.82, 2.24) is 10.0 Å². The molecule has 0 fully saturated rings. The van der Waals surface area contributed by atoms with Gasteiger partial charge in [-0.3, -0.25) is 9.59 Å². The molecule has 1 amide bonds. The van der Waals surface area contributed by atoms with Gasteiger partial charge in [-0.15, -0.1) is 0 Å². The fourth-order valence-corrected chi connectivity index (χ4v) is 2.82. The van der Waals surface area contributed by atoms with E-state index < -0.39 is 35.1 Å². The highest BCUT2D eigenvalue weighted by atomic mass is 32.2. The minimum atomic E-state index is -3.96. The summed E-state index contributed by atoms with van der Waals surface area (Å²) in [6, 6.07) is 3.98. The topological polar surface area (TPSA) is 120 Å². The van der Waals surface area contributed by atoms with Gasteiger partial charge in [0.05, 0.1) is 19.1 Å². The summed E-state index contributed by atoms with van der Waals surface area (Å²) in [7, 11) is -1.15. The lowest BCUT2D eigenvalue weighted by molar-refractivity contribution is -0.147. The van der Waals surface area contributed by atoms with E-state index in [0.717, 1.165) is 6.42 Å². The quantitative estimate of drug-likeness (QED) is 0.558. The molecule has 0 aromatic heterocycles. The minimum absolute atomic E-state index is 0.0373. The summed E-state index contributed by atoms with van der Waals surface area (Å²) in [6.07, 6.45) is 0.741. The van der Waals surface area contributed by atoms with Crippen LogP contribution >= 0.6 is 0 Å². The van der Waals surface area contributed by atoms with Crippen molar-refractivity contribution in [3.63, 3.8) is 0 Å². The third kappa shape index (κ3) is 6.52. The molecular formula is C16H24N2O7S. The monoisotopic (exact) mass is 388 g/mol. The first-order chi connectivity index (χ1) is 12.2. The second kappa shape index (κ2) is 9.97. The van der Waals surface area contributed by atoms with Crippen molar-refractivity contribution in [2.24, 2.45) is 0 Å². The van der Waals surface area contributed by atoms with Gasteiger partial charge in [-0.25, -0.2) is 8.42 Å². The third-order valence-electron chi connectivity index (χ3n) is 3.46. The number of amides is 1. The summed E-state index contributed by atoms with van der Waals surface area (Å²) < 4.78 is 41.4. The van der Waals surface area contributed by atoms with E-state index in [1.807, 2.05) is 13.8 Å². The van der Waals surface area contributed by atoms with Gasteiger partial charge >= 0.3 is 5.97 Å². The minimum Gasteiger partial charge on any atom is -0.493 e. The van der Waals surface area contributed by atoms with Crippen molar-refractivity contribution in [2.75, 3.05) is 27.4 Å². The Morgan fingerprint density at radius 3 is 2.38 bits per heavy atom. The first-order valence-electron chi connectivity index (χ1n) is 7.90. The van der Waals surface area contributed by atoms with Crippen molar-refractivity contribution in [3.8, 4) is 11.5 Å². The molecule has 0 bridgehead atoms. The fourth-order valence-electron chi connectivity index (χ4n) is 1.84. The van der Waals surface area contributed by atoms with Crippen LogP contribution in [-0.2, 0) is 24.3 Å².